The van der Waals surface area contributed by atoms with Gasteiger partial charge in [-0.2, -0.15) is 0 Å². The second-order valence-electron chi connectivity index (χ2n) is 5.45. The number of carboxylic acid groups (broad SMARTS) is 1. The number of hydrogen-bond donors (Lipinski definition) is 1. The summed E-state index contributed by atoms with van der Waals surface area (Å²) in [5, 5.41) is 8.91. The molecule has 1 saturated carbocycles. The largest absolute Gasteiger partial charge is 0.479 e. The molecule has 0 spiro atoms. The number of carbonyl (C=O) groups excluding carboxylic acids is 1. The molecule has 5 heteroatoms. The van der Waals surface area contributed by atoms with E-state index < -0.39 is 18.2 Å². The van der Waals surface area contributed by atoms with E-state index in [1.165, 1.54) is 19.3 Å². The molecule has 0 radical (unpaired) electrons. The number of amides is 1. The number of aliphatic carboxylic acids is 1. The fraction of sp³-hybridized carbons (Fsp3) is 0.857. The lowest BCUT2D eigenvalue weighted by Gasteiger charge is -2.35. The first-order valence-electron chi connectivity index (χ1n) is 7.32. The molecule has 0 aromatic heterocycles. The summed E-state index contributed by atoms with van der Waals surface area (Å²) in [6.45, 7) is 2.66. The number of likely N-dealkylation sites (N-methyl/N-ethyl adjacent to an activating group) is 1. The maximum absolute atomic E-state index is 12.5. The van der Waals surface area contributed by atoms with Crippen molar-refractivity contribution in [1.29, 1.82) is 0 Å². The molecule has 0 aromatic rings. The molecule has 0 bridgehead atoms. The van der Waals surface area contributed by atoms with Gasteiger partial charge in [0.2, 0.25) is 0 Å². The monoisotopic (exact) mass is 269 g/mol. The molecule has 2 rings (SSSR count). The molecule has 2 fully saturated rings. The summed E-state index contributed by atoms with van der Waals surface area (Å²) in [7, 11) is 0. The molecule has 1 aliphatic heterocycles. The molecule has 1 N–H and O–H groups in total. The van der Waals surface area contributed by atoms with E-state index in [1.807, 2.05) is 11.8 Å². The van der Waals surface area contributed by atoms with Crippen molar-refractivity contribution in [1.82, 2.24) is 4.90 Å². The summed E-state index contributed by atoms with van der Waals surface area (Å²) < 4.78 is 5.37. The van der Waals surface area contributed by atoms with Crippen LogP contribution in [0.4, 0.5) is 0 Å². The highest BCUT2D eigenvalue weighted by atomic mass is 16.5. The lowest BCUT2D eigenvalue weighted by atomic mass is 9.93. The fourth-order valence-electron chi connectivity index (χ4n) is 3.17. The first kappa shape index (κ1) is 14.3. The van der Waals surface area contributed by atoms with Gasteiger partial charge < -0.3 is 14.7 Å². The number of nitrogens with zero attached hydrogens (tertiary/aromatic N) is 1. The molecule has 2 aliphatic rings. The first-order chi connectivity index (χ1) is 9.13. The van der Waals surface area contributed by atoms with Gasteiger partial charge in [0.05, 0.1) is 0 Å². The molecule has 108 valence electrons. The van der Waals surface area contributed by atoms with Crippen LogP contribution < -0.4 is 0 Å². The Labute approximate surface area is 113 Å². The molecule has 5 nitrogen and oxygen atoms in total. The smallest absolute Gasteiger partial charge is 0.332 e. The Bertz CT molecular complexity index is 338. The van der Waals surface area contributed by atoms with Crippen molar-refractivity contribution in [2.24, 2.45) is 0 Å². The zero-order valence-corrected chi connectivity index (χ0v) is 11.5. The van der Waals surface area contributed by atoms with Gasteiger partial charge in [-0.05, 0) is 32.6 Å². The van der Waals surface area contributed by atoms with Gasteiger partial charge >= 0.3 is 5.97 Å². The first-order valence-corrected chi connectivity index (χ1v) is 7.32. The van der Waals surface area contributed by atoms with Gasteiger partial charge in [-0.15, -0.1) is 0 Å². The van der Waals surface area contributed by atoms with Crippen LogP contribution in [0.25, 0.3) is 0 Å². The lowest BCUT2D eigenvalue weighted by molar-refractivity contribution is -0.155. The van der Waals surface area contributed by atoms with Crippen molar-refractivity contribution in [2.45, 2.75) is 70.1 Å². The van der Waals surface area contributed by atoms with Gasteiger partial charge in [-0.25, -0.2) is 4.79 Å². The third kappa shape index (κ3) is 3.26. The van der Waals surface area contributed by atoms with Crippen LogP contribution in [0.2, 0.25) is 0 Å². The van der Waals surface area contributed by atoms with Crippen LogP contribution in [-0.4, -0.2) is 46.7 Å². The van der Waals surface area contributed by atoms with Crippen LogP contribution in [-0.2, 0) is 14.3 Å². The number of carbonyl (C=O) groups is 2. The normalized spacial score (nSPS) is 28.3. The van der Waals surface area contributed by atoms with Gasteiger partial charge in [-0.1, -0.05) is 19.3 Å². The second-order valence-corrected chi connectivity index (χ2v) is 5.45. The lowest BCUT2D eigenvalue weighted by Crippen LogP contribution is -2.46. The Balaban J connectivity index is 1.95. The van der Waals surface area contributed by atoms with Crippen LogP contribution >= 0.6 is 0 Å². The average Bonchev–Trinajstić information content (AvgIpc) is 2.90. The Morgan fingerprint density at radius 2 is 1.74 bits per heavy atom. The van der Waals surface area contributed by atoms with Crippen molar-refractivity contribution in [3.05, 3.63) is 0 Å². The third-order valence-corrected chi connectivity index (χ3v) is 4.21. The molecule has 1 saturated heterocycles. The summed E-state index contributed by atoms with van der Waals surface area (Å²) in [5.41, 5.74) is 0. The summed E-state index contributed by atoms with van der Waals surface area (Å²) in [4.78, 5) is 25.2. The Morgan fingerprint density at radius 1 is 1.11 bits per heavy atom. The van der Waals surface area contributed by atoms with E-state index in [4.69, 9.17) is 9.84 Å². The van der Waals surface area contributed by atoms with Gasteiger partial charge in [-0.3, -0.25) is 4.79 Å². The molecule has 1 amide bonds. The summed E-state index contributed by atoms with van der Waals surface area (Å²) in [6, 6.07) is 0.318. The van der Waals surface area contributed by atoms with E-state index in [-0.39, 0.29) is 5.91 Å². The van der Waals surface area contributed by atoms with Gasteiger partial charge in [0.1, 0.15) is 6.10 Å². The predicted molar refractivity (Wildman–Crippen MR) is 69.8 cm³/mol. The van der Waals surface area contributed by atoms with Crippen LogP contribution in [0.5, 0.6) is 0 Å². The third-order valence-electron chi connectivity index (χ3n) is 4.21. The average molecular weight is 269 g/mol. The van der Waals surface area contributed by atoms with Crippen LogP contribution in [0.15, 0.2) is 0 Å². The standard InChI is InChI=1S/C14H23NO4/c1-2-15(10-6-4-3-5-7-10)13(16)11-8-9-12(19-11)14(17)18/h10-12H,2-9H2,1H3,(H,17,18)/t11-,12+/m0/s1. The Kier molecular flexibility index (Phi) is 4.80. The van der Waals surface area contributed by atoms with Crippen molar-refractivity contribution >= 4 is 11.9 Å². The zero-order chi connectivity index (χ0) is 13.8. The molecule has 0 aromatic carbocycles. The van der Waals surface area contributed by atoms with Gasteiger partial charge in [0.25, 0.3) is 5.91 Å². The van der Waals surface area contributed by atoms with Gasteiger partial charge in [0.15, 0.2) is 6.10 Å². The molecule has 0 unspecified atom stereocenters. The summed E-state index contributed by atoms with van der Waals surface area (Å²) in [5.74, 6) is -0.978. The Hall–Kier alpha value is -1.10. The number of carboxylic acids is 1. The second kappa shape index (κ2) is 6.37. The van der Waals surface area contributed by atoms with Crippen molar-refractivity contribution in [3.63, 3.8) is 0 Å². The highest BCUT2D eigenvalue weighted by Gasteiger charge is 2.38. The maximum Gasteiger partial charge on any atom is 0.332 e. The topological polar surface area (TPSA) is 66.8 Å². The van der Waals surface area contributed by atoms with E-state index in [9.17, 15) is 9.59 Å². The molecule has 2 atom stereocenters. The SMILES string of the molecule is CCN(C(=O)[C@@H]1CC[C@H](C(=O)O)O1)C1CCCCC1. The van der Waals surface area contributed by atoms with E-state index in [0.29, 0.717) is 25.4 Å². The molecular formula is C14H23NO4. The number of rotatable bonds is 4. The minimum atomic E-state index is -0.962. The van der Waals surface area contributed by atoms with Crippen LogP contribution in [0.3, 0.4) is 0 Å². The number of hydrogen-bond acceptors (Lipinski definition) is 3. The Morgan fingerprint density at radius 3 is 2.26 bits per heavy atom. The number of ether oxygens (including phenoxy) is 1. The molecular weight excluding hydrogens is 246 g/mol. The zero-order valence-electron chi connectivity index (χ0n) is 11.5. The van der Waals surface area contributed by atoms with Crippen molar-refractivity contribution < 1.29 is 19.4 Å². The van der Waals surface area contributed by atoms with Crippen molar-refractivity contribution in [2.75, 3.05) is 6.54 Å². The van der Waals surface area contributed by atoms with Crippen molar-refractivity contribution in [3.8, 4) is 0 Å². The quantitative estimate of drug-likeness (QED) is 0.845. The molecule has 1 aliphatic carbocycles. The maximum atomic E-state index is 12.5. The van der Waals surface area contributed by atoms with E-state index in [2.05, 4.69) is 0 Å². The van der Waals surface area contributed by atoms with E-state index >= 15 is 0 Å². The minimum Gasteiger partial charge on any atom is -0.479 e. The fourth-order valence-corrected chi connectivity index (χ4v) is 3.17. The van der Waals surface area contributed by atoms with Crippen LogP contribution in [0, 0.1) is 0 Å². The highest BCUT2D eigenvalue weighted by Crippen LogP contribution is 2.26. The summed E-state index contributed by atoms with van der Waals surface area (Å²) in [6.07, 6.45) is 5.34. The minimum absolute atomic E-state index is 0.0156. The molecule has 19 heavy (non-hydrogen) atoms. The summed E-state index contributed by atoms with van der Waals surface area (Å²) >= 11 is 0. The van der Waals surface area contributed by atoms with Crippen LogP contribution in [0.1, 0.15) is 51.9 Å². The van der Waals surface area contributed by atoms with E-state index in [0.717, 1.165) is 12.8 Å². The van der Waals surface area contributed by atoms with Gasteiger partial charge in [0, 0.05) is 12.6 Å². The predicted octanol–water partition coefficient (Wildman–Crippen LogP) is 1.80. The van der Waals surface area contributed by atoms with E-state index in [1.54, 1.807) is 0 Å². The highest BCUT2D eigenvalue weighted by molar-refractivity contribution is 5.83. The molecule has 1 heterocycles.